The second kappa shape index (κ2) is 7.36. The summed E-state index contributed by atoms with van der Waals surface area (Å²) in [5, 5.41) is 2.98. The van der Waals surface area contributed by atoms with E-state index >= 15 is 0 Å². The van der Waals surface area contributed by atoms with Gasteiger partial charge in [-0.1, -0.05) is 30.3 Å². The van der Waals surface area contributed by atoms with Gasteiger partial charge in [0.05, 0.1) is 6.04 Å². The molecule has 1 aliphatic rings. The van der Waals surface area contributed by atoms with Crippen LogP contribution >= 0.6 is 12.4 Å². The molecule has 0 saturated carbocycles. The highest BCUT2D eigenvalue weighted by molar-refractivity contribution is 5.85. The molecule has 5 heteroatoms. The van der Waals surface area contributed by atoms with E-state index < -0.39 is 0 Å². The molecule has 3 N–H and O–H groups in total. The largest absolute Gasteiger partial charge is 0.371 e. The van der Waals surface area contributed by atoms with Gasteiger partial charge in [0.1, 0.15) is 6.10 Å². The molecular formula is C13H19ClN2O2. The summed E-state index contributed by atoms with van der Waals surface area (Å²) in [6.07, 6.45) is 1.20. The fourth-order valence-corrected chi connectivity index (χ4v) is 2.12. The van der Waals surface area contributed by atoms with Gasteiger partial charge in [-0.25, -0.2) is 0 Å². The first-order chi connectivity index (χ1) is 8.31. The Morgan fingerprint density at radius 2 is 2.11 bits per heavy atom. The molecule has 1 amide bonds. The maximum Gasteiger partial charge on any atom is 0.221 e. The third-order valence-corrected chi connectivity index (χ3v) is 2.94. The average molecular weight is 271 g/mol. The minimum atomic E-state index is -0.0297. The molecule has 0 spiro atoms. The molecule has 1 aromatic rings. The fourth-order valence-electron chi connectivity index (χ4n) is 2.12. The van der Waals surface area contributed by atoms with Gasteiger partial charge in [0, 0.05) is 19.6 Å². The normalized spacial score (nSPS) is 22.3. The van der Waals surface area contributed by atoms with Crippen molar-refractivity contribution in [3.05, 3.63) is 35.9 Å². The van der Waals surface area contributed by atoms with Crippen molar-refractivity contribution in [1.29, 1.82) is 0 Å². The summed E-state index contributed by atoms with van der Waals surface area (Å²) in [7, 11) is 0. The third-order valence-electron chi connectivity index (χ3n) is 2.94. The third kappa shape index (κ3) is 3.70. The van der Waals surface area contributed by atoms with Crippen molar-refractivity contribution in [2.24, 2.45) is 5.73 Å². The molecule has 0 bridgehead atoms. The summed E-state index contributed by atoms with van der Waals surface area (Å²) >= 11 is 0. The quantitative estimate of drug-likeness (QED) is 0.869. The van der Waals surface area contributed by atoms with Crippen LogP contribution in [-0.2, 0) is 9.53 Å². The van der Waals surface area contributed by atoms with Crippen LogP contribution in [-0.4, -0.2) is 25.1 Å². The van der Waals surface area contributed by atoms with Crippen molar-refractivity contribution in [1.82, 2.24) is 5.32 Å². The van der Waals surface area contributed by atoms with Crippen molar-refractivity contribution < 1.29 is 9.53 Å². The molecule has 0 radical (unpaired) electrons. The van der Waals surface area contributed by atoms with Crippen molar-refractivity contribution >= 4 is 18.3 Å². The lowest BCUT2D eigenvalue weighted by Crippen LogP contribution is -2.37. The van der Waals surface area contributed by atoms with Crippen LogP contribution < -0.4 is 11.1 Å². The molecule has 4 nitrogen and oxygen atoms in total. The van der Waals surface area contributed by atoms with Crippen molar-refractivity contribution in [3.63, 3.8) is 0 Å². The Hall–Kier alpha value is -1.10. The number of halogens is 1. The highest BCUT2D eigenvalue weighted by atomic mass is 35.5. The average Bonchev–Trinajstić information content (AvgIpc) is 2.78. The number of rotatable bonds is 4. The molecule has 1 saturated heterocycles. The Balaban J connectivity index is 0.00000162. The van der Waals surface area contributed by atoms with Gasteiger partial charge >= 0.3 is 0 Å². The van der Waals surface area contributed by atoms with Crippen LogP contribution in [0.1, 0.15) is 24.5 Å². The standard InChI is InChI=1S/C13H18N2O2.ClH/c14-8-6-12(16)15-11-7-9-17-13(11)10-4-2-1-3-5-10;/h1-5,11,13H,6-9,14H2,(H,15,16);1H. The number of carbonyl (C=O) groups excluding carboxylic acids is 1. The zero-order valence-electron chi connectivity index (χ0n) is 10.2. The van der Waals surface area contributed by atoms with Gasteiger partial charge in [0.15, 0.2) is 0 Å². The number of ether oxygens (including phenoxy) is 1. The lowest BCUT2D eigenvalue weighted by atomic mass is 10.0. The molecule has 18 heavy (non-hydrogen) atoms. The van der Waals surface area contributed by atoms with Crippen molar-refractivity contribution in [3.8, 4) is 0 Å². The SMILES string of the molecule is Cl.NCCC(=O)NC1CCOC1c1ccccc1. The summed E-state index contributed by atoms with van der Waals surface area (Å²) in [4.78, 5) is 11.5. The van der Waals surface area contributed by atoms with Gasteiger partial charge < -0.3 is 15.8 Å². The maximum absolute atomic E-state index is 11.5. The molecule has 0 aromatic heterocycles. The number of hydrogen-bond acceptors (Lipinski definition) is 3. The topological polar surface area (TPSA) is 64.4 Å². The van der Waals surface area contributed by atoms with E-state index in [1.165, 1.54) is 0 Å². The van der Waals surface area contributed by atoms with Crippen LogP contribution in [0.4, 0.5) is 0 Å². The Bertz CT molecular complexity index is 373. The lowest BCUT2D eigenvalue weighted by Gasteiger charge is -2.20. The van der Waals surface area contributed by atoms with Crippen LogP contribution in [0.2, 0.25) is 0 Å². The van der Waals surface area contributed by atoms with Crippen molar-refractivity contribution in [2.45, 2.75) is 25.0 Å². The van der Waals surface area contributed by atoms with E-state index in [2.05, 4.69) is 5.32 Å². The monoisotopic (exact) mass is 270 g/mol. The van der Waals surface area contributed by atoms with E-state index in [9.17, 15) is 4.79 Å². The smallest absolute Gasteiger partial charge is 0.221 e. The number of nitrogens with two attached hydrogens (primary N) is 1. The molecule has 1 aliphatic heterocycles. The minimum absolute atomic E-state index is 0. The molecular weight excluding hydrogens is 252 g/mol. The molecule has 100 valence electrons. The zero-order valence-corrected chi connectivity index (χ0v) is 11.0. The number of amides is 1. The Labute approximate surface area is 113 Å². The molecule has 2 unspecified atom stereocenters. The first kappa shape index (κ1) is 15.0. The van der Waals surface area contributed by atoms with E-state index in [4.69, 9.17) is 10.5 Å². The van der Waals surface area contributed by atoms with E-state index in [-0.39, 0.29) is 30.5 Å². The maximum atomic E-state index is 11.5. The lowest BCUT2D eigenvalue weighted by molar-refractivity contribution is -0.122. The second-order valence-electron chi connectivity index (χ2n) is 4.20. The molecule has 0 aliphatic carbocycles. The van der Waals surface area contributed by atoms with Gasteiger partial charge in [-0.2, -0.15) is 0 Å². The van der Waals surface area contributed by atoms with Gasteiger partial charge in [-0.05, 0) is 12.0 Å². The molecule has 2 rings (SSSR count). The highest BCUT2D eigenvalue weighted by Gasteiger charge is 2.30. The Morgan fingerprint density at radius 3 is 2.78 bits per heavy atom. The number of carbonyl (C=O) groups is 1. The predicted molar refractivity (Wildman–Crippen MR) is 72.6 cm³/mol. The Kier molecular flexibility index (Phi) is 6.12. The van der Waals surface area contributed by atoms with Crippen molar-refractivity contribution in [2.75, 3.05) is 13.2 Å². The summed E-state index contributed by atoms with van der Waals surface area (Å²) in [5.74, 6) is 0.00364. The molecule has 1 heterocycles. The van der Waals surface area contributed by atoms with Gasteiger partial charge in [-0.3, -0.25) is 4.79 Å². The number of nitrogens with one attached hydrogen (secondary N) is 1. The minimum Gasteiger partial charge on any atom is -0.371 e. The summed E-state index contributed by atoms with van der Waals surface area (Å²) in [6, 6.07) is 10.1. The van der Waals surface area contributed by atoms with E-state index in [0.29, 0.717) is 19.6 Å². The van der Waals surface area contributed by atoms with Crippen LogP contribution in [0.15, 0.2) is 30.3 Å². The van der Waals surface area contributed by atoms with E-state index in [1.807, 2.05) is 30.3 Å². The number of hydrogen-bond donors (Lipinski definition) is 2. The van der Waals surface area contributed by atoms with Gasteiger partial charge in [-0.15, -0.1) is 12.4 Å². The summed E-state index contributed by atoms with van der Waals surface area (Å²) in [5.41, 5.74) is 6.47. The summed E-state index contributed by atoms with van der Waals surface area (Å²) in [6.45, 7) is 1.07. The van der Waals surface area contributed by atoms with Gasteiger partial charge in [0.25, 0.3) is 0 Å². The fraction of sp³-hybridized carbons (Fsp3) is 0.462. The van der Waals surface area contributed by atoms with E-state index in [1.54, 1.807) is 0 Å². The first-order valence-electron chi connectivity index (χ1n) is 5.97. The van der Waals surface area contributed by atoms with E-state index in [0.717, 1.165) is 12.0 Å². The van der Waals surface area contributed by atoms with Crippen LogP contribution in [0.25, 0.3) is 0 Å². The molecule has 1 aromatic carbocycles. The van der Waals surface area contributed by atoms with Crippen LogP contribution in [0.3, 0.4) is 0 Å². The van der Waals surface area contributed by atoms with Crippen LogP contribution in [0.5, 0.6) is 0 Å². The molecule has 1 fully saturated rings. The predicted octanol–water partition coefficient (Wildman–Crippen LogP) is 1.40. The zero-order chi connectivity index (χ0) is 12.1. The number of benzene rings is 1. The summed E-state index contributed by atoms with van der Waals surface area (Å²) < 4.78 is 5.68. The Morgan fingerprint density at radius 1 is 1.39 bits per heavy atom. The second-order valence-corrected chi connectivity index (χ2v) is 4.20. The molecule has 2 atom stereocenters. The highest BCUT2D eigenvalue weighted by Crippen LogP contribution is 2.28. The van der Waals surface area contributed by atoms with Gasteiger partial charge in [0.2, 0.25) is 5.91 Å². The first-order valence-corrected chi connectivity index (χ1v) is 5.97. The van der Waals surface area contributed by atoms with Crippen LogP contribution in [0, 0.1) is 0 Å².